The maximum atomic E-state index is 11.8. The second kappa shape index (κ2) is 5.87. The average Bonchev–Trinajstić information content (AvgIpc) is 2.27. The van der Waals surface area contributed by atoms with Gasteiger partial charge in [-0.1, -0.05) is 18.2 Å². The molecule has 1 saturated heterocycles. The van der Waals surface area contributed by atoms with Gasteiger partial charge in [0.15, 0.2) is 0 Å². The summed E-state index contributed by atoms with van der Waals surface area (Å²) in [6.07, 6.45) is 0.788. The molecule has 0 bridgehead atoms. The van der Waals surface area contributed by atoms with E-state index in [2.05, 4.69) is 10.6 Å². The second-order valence-corrected chi connectivity index (χ2v) is 4.78. The van der Waals surface area contributed by atoms with Crippen LogP contribution in [0.5, 0.6) is 5.75 Å². The molecule has 98 valence electrons. The highest BCUT2D eigenvalue weighted by Gasteiger charge is 2.25. The van der Waals surface area contributed by atoms with Gasteiger partial charge >= 0.3 is 0 Å². The molecule has 4 heteroatoms. The number of para-hydroxylation sites is 1. The topological polar surface area (TPSA) is 50.4 Å². The van der Waals surface area contributed by atoms with Crippen molar-refractivity contribution < 1.29 is 9.53 Å². The Balaban J connectivity index is 1.89. The van der Waals surface area contributed by atoms with E-state index in [1.54, 1.807) is 7.11 Å². The van der Waals surface area contributed by atoms with Crippen LogP contribution in [0.2, 0.25) is 0 Å². The molecular weight excluding hydrogens is 228 g/mol. The molecule has 1 aromatic rings. The molecule has 1 aliphatic rings. The summed E-state index contributed by atoms with van der Waals surface area (Å²) in [6, 6.07) is 8.04. The zero-order chi connectivity index (χ0) is 13.0. The summed E-state index contributed by atoms with van der Waals surface area (Å²) in [4.78, 5) is 11.8. The van der Waals surface area contributed by atoms with Gasteiger partial charge in [0.05, 0.1) is 13.0 Å². The molecule has 1 atom stereocenters. The van der Waals surface area contributed by atoms with Gasteiger partial charge in [-0.3, -0.25) is 4.79 Å². The van der Waals surface area contributed by atoms with E-state index in [9.17, 15) is 4.79 Å². The number of rotatable bonds is 5. The van der Waals surface area contributed by atoms with Crippen LogP contribution < -0.4 is 15.4 Å². The molecule has 1 amide bonds. The van der Waals surface area contributed by atoms with E-state index in [1.165, 1.54) is 0 Å². The van der Waals surface area contributed by atoms with Crippen molar-refractivity contribution in [3.05, 3.63) is 29.8 Å². The van der Waals surface area contributed by atoms with Crippen LogP contribution in [0.4, 0.5) is 0 Å². The molecule has 1 fully saturated rings. The van der Waals surface area contributed by atoms with Gasteiger partial charge in [-0.05, 0) is 25.0 Å². The Hall–Kier alpha value is -1.55. The number of hydrogen-bond donors (Lipinski definition) is 2. The number of carbonyl (C=O) groups excluding carboxylic acids is 1. The fourth-order valence-electron chi connectivity index (χ4n) is 2.09. The molecule has 1 aliphatic heterocycles. The quantitative estimate of drug-likeness (QED) is 0.816. The van der Waals surface area contributed by atoms with E-state index >= 15 is 0 Å². The standard InChI is InChI=1S/C14H20N2O2/c1-10(16-14(17)12-8-15-9-12)7-11-5-3-4-6-13(11)18-2/h3-6,10,12,15H,7-9H2,1-2H3,(H,16,17). The van der Waals surface area contributed by atoms with Crippen molar-refractivity contribution in [2.45, 2.75) is 19.4 Å². The minimum atomic E-state index is 0.120. The van der Waals surface area contributed by atoms with E-state index in [1.807, 2.05) is 31.2 Å². The van der Waals surface area contributed by atoms with Gasteiger partial charge in [-0.2, -0.15) is 0 Å². The number of ether oxygens (including phenoxy) is 1. The highest BCUT2D eigenvalue weighted by atomic mass is 16.5. The molecule has 0 aliphatic carbocycles. The van der Waals surface area contributed by atoms with Crippen molar-refractivity contribution in [2.75, 3.05) is 20.2 Å². The van der Waals surface area contributed by atoms with Crippen LogP contribution in [-0.2, 0) is 11.2 Å². The summed E-state index contributed by atoms with van der Waals surface area (Å²) < 4.78 is 5.31. The van der Waals surface area contributed by atoms with Gasteiger partial charge < -0.3 is 15.4 Å². The highest BCUT2D eigenvalue weighted by Crippen LogP contribution is 2.19. The third kappa shape index (κ3) is 3.01. The number of hydrogen-bond acceptors (Lipinski definition) is 3. The molecule has 2 rings (SSSR count). The molecule has 4 nitrogen and oxygen atoms in total. The van der Waals surface area contributed by atoms with Crippen LogP contribution in [0, 0.1) is 5.92 Å². The Morgan fingerprint density at radius 1 is 1.50 bits per heavy atom. The van der Waals surface area contributed by atoms with Crippen LogP contribution in [0.3, 0.4) is 0 Å². The van der Waals surface area contributed by atoms with Crippen molar-refractivity contribution in [1.82, 2.24) is 10.6 Å². The monoisotopic (exact) mass is 248 g/mol. The Morgan fingerprint density at radius 3 is 2.83 bits per heavy atom. The molecule has 1 aromatic carbocycles. The lowest BCUT2D eigenvalue weighted by atomic mass is 10.0. The molecular formula is C14H20N2O2. The molecule has 0 spiro atoms. The van der Waals surface area contributed by atoms with Crippen LogP contribution >= 0.6 is 0 Å². The molecule has 18 heavy (non-hydrogen) atoms. The lowest BCUT2D eigenvalue weighted by Gasteiger charge is -2.27. The van der Waals surface area contributed by atoms with Crippen LogP contribution in [-0.4, -0.2) is 32.1 Å². The molecule has 1 heterocycles. The minimum absolute atomic E-state index is 0.120. The maximum absolute atomic E-state index is 11.8. The Kier molecular flexibility index (Phi) is 4.20. The molecule has 0 radical (unpaired) electrons. The summed E-state index contributed by atoms with van der Waals surface area (Å²) >= 11 is 0. The largest absolute Gasteiger partial charge is 0.496 e. The normalized spacial score (nSPS) is 16.8. The fraction of sp³-hybridized carbons (Fsp3) is 0.500. The smallest absolute Gasteiger partial charge is 0.225 e. The fourth-order valence-corrected chi connectivity index (χ4v) is 2.09. The number of nitrogens with one attached hydrogen (secondary N) is 2. The lowest BCUT2D eigenvalue weighted by molar-refractivity contribution is -0.127. The van der Waals surface area contributed by atoms with E-state index in [4.69, 9.17) is 4.74 Å². The third-order valence-electron chi connectivity index (χ3n) is 3.26. The Bertz CT molecular complexity index is 416. The van der Waals surface area contributed by atoms with Gasteiger partial charge in [0.1, 0.15) is 5.75 Å². The highest BCUT2D eigenvalue weighted by molar-refractivity contribution is 5.80. The predicted molar refractivity (Wildman–Crippen MR) is 70.7 cm³/mol. The summed E-state index contributed by atoms with van der Waals surface area (Å²) in [5.41, 5.74) is 1.12. The summed E-state index contributed by atoms with van der Waals surface area (Å²) in [5.74, 6) is 1.17. The molecule has 0 aromatic heterocycles. The first kappa shape index (κ1) is 12.9. The van der Waals surface area contributed by atoms with E-state index in [-0.39, 0.29) is 17.9 Å². The van der Waals surface area contributed by atoms with Crippen LogP contribution in [0.25, 0.3) is 0 Å². The van der Waals surface area contributed by atoms with Crippen LogP contribution in [0.15, 0.2) is 24.3 Å². The van der Waals surface area contributed by atoms with Gasteiger partial charge in [0, 0.05) is 19.1 Å². The zero-order valence-electron chi connectivity index (χ0n) is 10.9. The molecule has 0 saturated carbocycles. The molecule has 1 unspecified atom stereocenters. The average molecular weight is 248 g/mol. The first-order valence-electron chi connectivity index (χ1n) is 6.33. The van der Waals surface area contributed by atoms with Gasteiger partial charge in [0.2, 0.25) is 5.91 Å². The van der Waals surface area contributed by atoms with E-state index in [0.717, 1.165) is 30.8 Å². The Labute approximate surface area is 108 Å². The number of amides is 1. The molecule has 2 N–H and O–H groups in total. The van der Waals surface area contributed by atoms with Crippen LogP contribution in [0.1, 0.15) is 12.5 Å². The predicted octanol–water partition coefficient (Wildman–Crippen LogP) is 0.962. The minimum Gasteiger partial charge on any atom is -0.496 e. The van der Waals surface area contributed by atoms with Gasteiger partial charge in [-0.25, -0.2) is 0 Å². The van der Waals surface area contributed by atoms with Crippen molar-refractivity contribution in [3.63, 3.8) is 0 Å². The van der Waals surface area contributed by atoms with Crippen molar-refractivity contribution in [2.24, 2.45) is 5.92 Å². The number of benzene rings is 1. The first-order valence-corrected chi connectivity index (χ1v) is 6.33. The SMILES string of the molecule is COc1ccccc1CC(C)NC(=O)C1CNC1. The van der Waals surface area contributed by atoms with E-state index in [0.29, 0.717) is 0 Å². The summed E-state index contributed by atoms with van der Waals surface area (Å²) in [5, 5.41) is 6.15. The van der Waals surface area contributed by atoms with Crippen molar-refractivity contribution >= 4 is 5.91 Å². The van der Waals surface area contributed by atoms with E-state index < -0.39 is 0 Å². The van der Waals surface area contributed by atoms with Crippen molar-refractivity contribution in [3.8, 4) is 5.75 Å². The number of methoxy groups -OCH3 is 1. The number of carbonyl (C=O) groups is 1. The zero-order valence-corrected chi connectivity index (χ0v) is 10.9. The van der Waals surface area contributed by atoms with Crippen molar-refractivity contribution in [1.29, 1.82) is 0 Å². The summed E-state index contributed by atoms with van der Waals surface area (Å²) in [7, 11) is 1.67. The summed E-state index contributed by atoms with van der Waals surface area (Å²) in [6.45, 7) is 3.62. The second-order valence-electron chi connectivity index (χ2n) is 4.78. The van der Waals surface area contributed by atoms with Gasteiger partial charge in [0.25, 0.3) is 0 Å². The first-order chi connectivity index (χ1) is 8.70. The van der Waals surface area contributed by atoms with Gasteiger partial charge in [-0.15, -0.1) is 0 Å². The lowest BCUT2D eigenvalue weighted by Crippen LogP contribution is -2.52. The Morgan fingerprint density at radius 2 is 2.22 bits per heavy atom. The maximum Gasteiger partial charge on any atom is 0.225 e. The third-order valence-corrected chi connectivity index (χ3v) is 3.26.